The zero-order valence-corrected chi connectivity index (χ0v) is 12.6. The second-order valence-electron chi connectivity index (χ2n) is 3.97. The molecule has 2 rings (SSSR count). The number of rotatable bonds is 2. The molecule has 1 unspecified atom stereocenters. The first-order valence-electron chi connectivity index (χ1n) is 5.15. The molecule has 0 N–H and O–H groups in total. The normalized spacial score (nSPS) is 12.8. The van der Waals surface area contributed by atoms with Gasteiger partial charge < -0.3 is 0 Å². The van der Waals surface area contributed by atoms with Gasteiger partial charge in [0.05, 0.1) is 9.16 Å². The van der Waals surface area contributed by atoms with E-state index < -0.39 is 0 Å². The van der Waals surface area contributed by atoms with Crippen molar-refractivity contribution in [2.45, 2.75) is 18.7 Å². The quantitative estimate of drug-likeness (QED) is 0.624. The smallest absolute Gasteiger partial charge is 0.123 e. The van der Waals surface area contributed by atoms with E-state index in [0.29, 0.717) is 0 Å². The zero-order valence-electron chi connectivity index (χ0n) is 9.43. The largest absolute Gasteiger partial charge is 0.207 e. The lowest BCUT2D eigenvalue weighted by molar-refractivity contribution is 0.626. The Kier molecular flexibility index (Phi) is 3.91. The van der Waals surface area contributed by atoms with E-state index in [1.54, 1.807) is 17.4 Å². The summed E-state index contributed by atoms with van der Waals surface area (Å²) in [5, 5.41) is 0. The van der Waals surface area contributed by atoms with Crippen molar-refractivity contribution in [3.05, 3.63) is 56.0 Å². The number of hydrogen-bond donors (Lipinski definition) is 0. The first-order valence-corrected chi connectivity index (χ1v) is 7.26. The molecule has 0 nitrogen and oxygen atoms in total. The van der Waals surface area contributed by atoms with Crippen LogP contribution < -0.4 is 0 Å². The Labute approximate surface area is 118 Å². The van der Waals surface area contributed by atoms with E-state index in [-0.39, 0.29) is 10.6 Å². The van der Waals surface area contributed by atoms with Gasteiger partial charge in [0.25, 0.3) is 0 Å². The third-order valence-corrected chi connectivity index (χ3v) is 5.54. The molecule has 0 spiro atoms. The van der Waals surface area contributed by atoms with Crippen LogP contribution in [0.1, 0.15) is 26.4 Å². The van der Waals surface area contributed by atoms with Crippen LogP contribution in [-0.2, 0) is 0 Å². The van der Waals surface area contributed by atoms with Gasteiger partial charge in [-0.25, -0.2) is 4.39 Å². The summed E-state index contributed by atoms with van der Waals surface area (Å²) in [5.74, 6) is -0.202. The molecule has 17 heavy (non-hydrogen) atoms. The summed E-state index contributed by atoms with van der Waals surface area (Å²) in [6.45, 7) is 3.90. The van der Waals surface area contributed by atoms with Gasteiger partial charge >= 0.3 is 0 Å². The van der Waals surface area contributed by atoms with E-state index in [2.05, 4.69) is 22.0 Å². The van der Waals surface area contributed by atoms with Crippen molar-refractivity contribution in [1.29, 1.82) is 0 Å². The number of benzene rings is 1. The third kappa shape index (κ3) is 2.72. The van der Waals surface area contributed by atoms with Crippen molar-refractivity contribution in [1.82, 2.24) is 0 Å². The Hall–Kier alpha value is -0.380. The van der Waals surface area contributed by atoms with Gasteiger partial charge in [0.15, 0.2) is 0 Å². The second-order valence-corrected chi connectivity index (χ2v) is 6.57. The first-order chi connectivity index (χ1) is 7.99. The number of aryl methyl sites for hydroxylation is 2. The molecule has 0 fully saturated rings. The van der Waals surface area contributed by atoms with Crippen LogP contribution in [0.5, 0.6) is 0 Å². The summed E-state index contributed by atoms with van der Waals surface area (Å²) >= 11 is 11.3. The molecule has 0 radical (unpaired) electrons. The molecule has 0 aliphatic rings. The van der Waals surface area contributed by atoms with Gasteiger partial charge in [0.1, 0.15) is 5.82 Å². The standard InChI is InChI=1S/C13H11BrClFS/c1-7-5-9(16)3-4-10(7)12(14)11-6-8(2)13(15)17-11/h3-6,12H,1-2H3. The number of halogens is 3. The molecule has 2 aromatic rings. The van der Waals surface area contributed by atoms with E-state index >= 15 is 0 Å². The van der Waals surface area contributed by atoms with Crippen LogP contribution in [0.25, 0.3) is 0 Å². The molecule has 1 aromatic carbocycles. The van der Waals surface area contributed by atoms with Crippen LogP contribution in [0.2, 0.25) is 4.34 Å². The van der Waals surface area contributed by atoms with Crippen LogP contribution >= 0.6 is 38.9 Å². The average molecular weight is 334 g/mol. The maximum atomic E-state index is 13.0. The fourth-order valence-electron chi connectivity index (χ4n) is 1.69. The molecule has 4 heteroatoms. The highest BCUT2D eigenvalue weighted by Gasteiger charge is 2.16. The fourth-order valence-corrected chi connectivity index (χ4v) is 3.83. The van der Waals surface area contributed by atoms with Crippen molar-refractivity contribution in [2.75, 3.05) is 0 Å². The van der Waals surface area contributed by atoms with Gasteiger partial charge in [-0.2, -0.15) is 0 Å². The molecule has 1 atom stereocenters. The number of alkyl halides is 1. The van der Waals surface area contributed by atoms with E-state index in [9.17, 15) is 4.39 Å². The lowest BCUT2D eigenvalue weighted by atomic mass is 10.0. The Morgan fingerprint density at radius 2 is 1.94 bits per heavy atom. The molecular formula is C13H11BrClFS. The Morgan fingerprint density at radius 3 is 2.47 bits per heavy atom. The highest BCUT2D eigenvalue weighted by atomic mass is 79.9. The minimum absolute atomic E-state index is 0.0688. The first kappa shape index (κ1) is 13.1. The Morgan fingerprint density at radius 1 is 1.24 bits per heavy atom. The van der Waals surface area contributed by atoms with Gasteiger partial charge in [0.2, 0.25) is 0 Å². The summed E-state index contributed by atoms with van der Waals surface area (Å²) < 4.78 is 13.9. The summed E-state index contributed by atoms with van der Waals surface area (Å²) in [4.78, 5) is 1.21. The van der Waals surface area contributed by atoms with Crippen molar-refractivity contribution < 1.29 is 4.39 Å². The van der Waals surface area contributed by atoms with Crippen LogP contribution in [0.4, 0.5) is 4.39 Å². The van der Waals surface area contributed by atoms with Crippen molar-refractivity contribution in [2.24, 2.45) is 0 Å². The summed E-state index contributed by atoms with van der Waals surface area (Å²) in [6, 6.07) is 6.91. The van der Waals surface area contributed by atoms with Gasteiger partial charge in [0, 0.05) is 4.88 Å². The van der Waals surface area contributed by atoms with Crippen LogP contribution in [0, 0.1) is 19.7 Å². The summed E-state index contributed by atoms with van der Waals surface area (Å²) in [5.41, 5.74) is 3.09. The molecule has 0 saturated carbocycles. The summed E-state index contributed by atoms with van der Waals surface area (Å²) in [7, 11) is 0. The van der Waals surface area contributed by atoms with E-state index in [4.69, 9.17) is 11.6 Å². The SMILES string of the molecule is Cc1cc(F)ccc1C(Br)c1cc(C)c(Cl)s1. The van der Waals surface area contributed by atoms with Gasteiger partial charge in [-0.05, 0) is 48.7 Å². The minimum Gasteiger partial charge on any atom is -0.207 e. The van der Waals surface area contributed by atoms with Crippen LogP contribution in [0.15, 0.2) is 24.3 Å². The molecular weight excluding hydrogens is 323 g/mol. The lowest BCUT2D eigenvalue weighted by Crippen LogP contribution is -1.94. The zero-order chi connectivity index (χ0) is 12.6. The molecule has 90 valence electrons. The van der Waals surface area contributed by atoms with Gasteiger partial charge in [-0.15, -0.1) is 11.3 Å². The highest BCUT2D eigenvalue weighted by Crippen LogP contribution is 2.39. The lowest BCUT2D eigenvalue weighted by Gasteiger charge is -2.11. The topological polar surface area (TPSA) is 0 Å². The van der Waals surface area contributed by atoms with Gasteiger partial charge in [-0.1, -0.05) is 33.6 Å². The van der Waals surface area contributed by atoms with Crippen molar-refractivity contribution >= 4 is 38.9 Å². The van der Waals surface area contributed by atoms with Crippen molar-refractivity contribution in [3.8, 4) is 0 Å². The fraction of sp³-hybridized carbons (Fsp3) is 0.231. The van der Waals surface area contributed by atoms with E-state index in [1.165, 1.54) is 6.07 Å². The van der Waals surface area contributed by atoms with Crippen molar-refractivity contribution in [3.63, 3.8) is 0 Å². The predicted molar refractivity (Wildman–Crippen MR) is 76.0 cm³/mol. The molecule has 0 saturated heterocycles. The molecule has 0 amide bonds. The predicted octanol–water partition coefficient (Wildman–Crippen LogP) is 5.64. The van der Waals surface area contributed by atoms with E-state index in [1.807, 2.05) is 19.9 Å². The third-order valence-electron chi connectivity index (χ3n) is 2.63. The van der Waals surface area contributed by atoms with Crippen LogP contribution in [0.3, 0.4) is 0 Å². The van der Waals surface area contributed by atoms with Gasteiger partial charge in [-0.3, -0.25) is 0 Å². The maximum Gasteiger partial charge on any atom is 0.123 e. The Bertz CT molecular complexity index is 531. The molecule has 0 aliphatic heterocycles. The number of hydrogen-bond acceptors (Lipinski definition) is 1. The maximum absolute atomic E-state index is 13.0. The average Bonchev–Trinajstić information content (AvgIpc) is 2.58. The minimum atomic E-state index is -0.202. The molecule has 1 heterocycles. The molecule has 1 aromatic heterocycles. The number of thiophene rings is 1. The Balaban J connectivity index is 2.39. The highest BCUT2D eigenvalue weighted by molar-refractivity contribution is 9.09. The molecule has 0 bridgehead atoms. The summed E-state index contributed by atoms with van der Waals surface area (Å²) in [6.07, 6.45) is 0. The second kappa shape index (κ2) is 5.09. The van der Waals surface area contributed by atoms with E-state index in [0.717, 1.165) is 25.9 Å². The molecule has 0 aliphatic carbocycles. The monoisotopic (exact) mass is 332 g/mol. The van der Waals surface area contributed by atoms with Crippen LogP contribution in [-0.4, -0.2) is 0 Å².